The van der Waals surface area contributed by atoms with Gasteiger partial charge in [0.25, 0.3) is 5.56 Å². The fraction of sp³-hybridized carbons (Fsp3) is 0.227. The zero-order valence-electron chi connectivity index (χ0n) is 16.7. The summed E-state index contributed by atoms with van der Waals surface area (Å²) in [4.78, 5) is 41.8. The molecule has 0 atom stereocenters. The van der Waals surface area contributed by atoms with Crippen LogP contribution < -0.4 is 21.9 Å². The molecule has 30 heavy (non-hydrogen) atoms. The molecule has 8 nitrogen and oxygen atoms in total. The van der Waals surface area contributed by atoms with Crippen LogP contribution in [0.2, 0.25) is 0 Å². The van der Waals surface area contributed by atoms with Crippen LogP contribution in [-0.2, 0) is 29.0 Å². The Labute approximate surface area is 173 Å². The third-order valence-electron chi connectivity index (χ3n) is 4.69. The van der Waals surface area contributed by atoms with Gasteiger partial charge in [-0.2, -0.15) is 0 Å². The van der Waals surface area contributed by atoms with Crippen LogP contribution in [0.5, 0.6) is 0 Å². The number of carbonyl (C=O) groups is 1. The predicted molar refractivity (Wildman–Crippen MR) is 115 cm³/mol. The first-order chi connectivity index (χ1) is 14.5. The van der Waals surface area contributed by atoms with Gasteiger partial charge in [0.1, 0.15) is 5.82 Å². The van der Waals surface area contributed by atoms with E-state index >= 15 is 0 Å². The summed E-state index contributed by atoms with van der Waals surface area (Å²) in [6.45, 7) is 0.519. The molecule has 0 aliphatic heterocycles. The lowest BCUT2D eigenvalue weighted by Gasteiger charge is -2.25. The normalized spacial score (nSPS) is 10.7. The first-order valence-corrected chi connectivity index (χ1v) is 9.51. The van der Waals surface area contributed by atoms with Gasteiger partial charge in [-0.1, -0.05) is 60.7 Å². The molecule has 1 amide bonds. The number of aromatic nitrogens is 2. The van der Waals surface area contributed by atoms with Gasteiger partial charge in [0.05, 0.1) is 26.1 Å². The molecule has 3 N–H and O–H groups in total. The lowest BCUT2D eigenvalue weighted by Crippen LogP contribution is -2.41. The molecule has 0 saturated heterocycles. The third kappa shape index (κ3) is 4.84. The van der Waals surface area contributed by atoms with Crippen molar-refractivity contribution in [3.63, 3.8) is 0 Å². The van der Waals surface area contributed by atoms with Crippen molar-refractivity contribution in [2.24, 2.45) is 0 Å². The molecule has 0 saturated carbocycles. The minimum atomic E-state index is -0.705. The molecule has 3 aromatic rings. The van der Waals surface area contributed by atoms with E-state index in [-0.39, 0.29) is 43.5 Å². The fourth-order valence-corrected chi connectivity index (χ4v) is 3.17. The molecular weight excluding hydrogens is 384 g/mol. The van der Waals surface area contributed by atoms with Crippen molar-refractivity contribution in [3.8, 4) is 0 Å². The van der Waals surface area contributed by atoms with Crippen LogP contribution in [0.4, 0.5) is 11.5 Å². The summed E-state index contributed by atoms with van der Waals surface area (Å²) < 4.78 is 6.22. The van der Waals surface area contributed by atoms with Crippen LogP contribution in [0.1, 0.15) is 11.1 Å². The molecule has 0 spiro atoms. The summed E-state index contributed by atoms with van der Waals surface area (Å²) in [7, 11) is 1.50. The SMILES string of the molecule is COCCn1c(N)c(N(Cc2ccccc2)C(=O)Cc2ccccc2)c(=O)[nH]c1=O. The third-order valence-corrected chi connectivity index (χ3v) is 4.69. The molecule has 0 fully saturated rings. The van der Waals surface area contributed by atoms with Crippen molar-refractivity contribution in [2.45, 2.75) is 19.5 Å². The summed E-state index contributed by atoms with van der Waals surface area (Å²) in [5, 5.41) is 0. The smallest absolute Gasteiger partial charge is 0.330 e. The maximum absolute atomic E-state index is 13.2. The van der Waals surface area contributed by atoms with Gasteiger partial charge < -0.3 is 10.5 Å². The number of hydrogen-bond acceptors (Lipinski definition) is 5. The Bertz CT molecular complexity index is 1110. The molecule has 156 valence electrons. The number of anilines is 2. The number of amides is 1. The van der Waals surface area contributed by atoms with E-state index in [1.54, 1.807) is 0 Å². The number of aromatic amines is 1. The fourth-order valence-electron chi connectivity index (χ4n) is 3.17. The van der Waals surface area contributed by atoms with Gasteiger partial charge in [-0.3, -0.25) is 24.0 Å². The predicted octanol–water partition coefficient (Wildman–Crippen LogP) is 1.54. The standard InChI is InChI=1S/C22H24N4O4/c1-30-13-12-25-20(23)19(21(28)24-22(25)29)26(15-17-10-6-3-7-11-17)18(27)14-16-8-4-2-5-9-16/h2-11H,12-15,23H2,1H3,(H,24,28,29). The largest absolute Gasteiger partial charge is 0.383 e. The van der Waals surface area contributed by atoms with Gasteiger partial charge >= 0.3 is 5.69 Å². The summed E-state index contributed by atoms with van der Waals surface area (Å²) in [5.41, 5.74) is 6.44. The topological polar surface area (TPSA) is 110 Å². The molecule has 0 aliphatic carbocycles. The van der Waals surface area contributed by atoms with Crippen molar-refractivity contribution in [3.05, 3.63) is 92.6 Å². The summed E-state index contributed by atoms with van der Waals surface area (Å²) >= 11 is 0. The van der Waals surface area contributed by atoms with Crippen molar-refractivity contribution in [2.75, 3.05) is 24.4 Å². The zero-order chi connectivity index (χ0) is 21.5. The summed E-state index contributed by atoms with van der Waals surface area (Å²) in [6.07, 6.45) is 0.0871. The highest BCUT2D eigenvalue weighted by atomic mass is 16.5. The van der Waals surface area contributed by atoms with E-state index < -0.39 is 11.2 Å². The quantitative estimate of drug-likeness (QED) is 0.587. The molecule has 0 aliphatic rings. The first kappa shape index (κ1) is 21.1. The second kappa shape index (κ2) is 9.71. The average molecular weight is 408 g/mol. The number of nitrogens with zero attached hydrogens (tertiary/aromatic N) is 2. The maximum atomic E-state index is 13.2. The molecular formula is C22H24N4O4. The van der Waals surface area contributed by atoms with Crippen LogP contribution in [0.3, 0.4) is 0 Å². The van der Waals surface area contributed by atoms with E-state index in [0.717, 1.165) is 11.1 Å². The molecule has 8 heteroatoms. The monoisotopic (exact) mass is 408 g/mol. The number of carbonyl (C=O) groups excluding carboxylic acids is 1. The van der Waals surface area contributed by atoms with E-state index in [0.29, 0.717) is 0 Å². The van der Waals surface area contributed by atoms with E-state index in [4.69, 9.17) is 10.5 Å². The minimum absolute atomic E-state index is 0.0458. The van der Waals surface area contributed by atoms with Crippen molar-refractivity contribution in [1.29, 1.82) is 0 Å². The number of rotatable bonds is 8. The van der Waals surface area contributed by atoms with Gasteiger partial charge in [-0.15, -0.1) is 0 Å². The molecule has 1 heterocycles. The van der Waals surface area contributed by atoms with E-state index in [1.165, 1.54) is 16.6 Å². The van der Waals surface area contributed by atoms with Gasteiger partial charge in [0.2, 0.25) is 5.91 Å². The zero-order valence-corrected chi connectivity index (χ0v) is 16.7. The Morgan fingerprint density at radius 2 is 1.63 bits per heavy atom. The molecule has 1 aromatic heterocycles. The minimum Gasteiger partial charge on any atom is -0.383 e. The van der Waals surface area contributed by atoms with E-state index in [2.05, 4.69) is 4.98 Å². The van der Waals surface area contributed by atoms with E-state index in [1.807, 2.05) is 60.7 Å². The van der Waals surface area contributed by atoms with Crippen molar-refractivity contribution in [1.82, 2.24) is 9.55 Å². The van der Waals surface area contributed by atoms with Crippen LogP contribution in [0.25, 0.3) is 0 Å². The van der Waals surface area contributed by atoms with Gasteiger partial charge in [0, 0.05) is 7.11 Å². The van der Waals surface area contributed by atoms with Crippen LogP contribution in [0.15, 0.2) is 70.3 Å². The van der Waals surface area contributed by atoms with Gasteiger partial charge in [-0.05, 0) is 11.1 Å². The molecule has 2 aromatic carbocycles. The van der Waals surface area contributed by atoms with Crippen LogP contribution in [0, 0.1) is 0 Å². The number of ether oxygens (including phenoxy) is 1. The van der Waals surface area contributed by atoms with Gasteiger partial charge in [0.15, 0.2) is 5.69 Å². The Morgan fingerprint density at radius 1 is 1.03 bits per heavy atom. The number of nitrogen functional groups attached to an aromatic ring is 1. The van der Waals surface area contributed by atoms with Gasteiger partial charge in [-0.25, -0.2) is 4.79 Å². The highest BCUT2D eigenvalue weighted by molar-refractivity contribution is 5.96. The summed E-state index contributed by atoms with van der Waals surface area (Å²) in [6, 6.07) is 18.5. The molecule has 3 rings (SSSR count). The van der Waals surface area contributed by atoms with E-state index in [9.17, 15) is 14.4 Å². The number of methoxy groups -OCH3 is 1. The highest BCUT2D eigenvalue weighted by Gasteiger charge is 2.24. The summed E-state index contributed by atoms with van der Waals surface area (Å²) in [5.74, 6) is -0.377. The first-order valence-electron chi connectivity index (χ1n) is 9.51. The number of nitrogens with one attached hydrogen (secondary N) is 1. The van der Waals surface area contributed by atoms with Crippen LogP contribution in [-0.4, -0.2) is 29.2 Å². The number of nitrogens with two attached hydrogens (primary N) is 1. The molecule has 0 radical (unpaired) electrons. The number of benzene rings is 2. The maximum Gasteiger partial charge on any atom is 0.330 e. The number of hydrogen-bond donors (Lipinski definition) is 2. The lowest BCUT2D eigenvalue weighted by atomic mass is 10.1. The Hall–Kier alpha value is -3.65. The van der Waals surface area contributed by atoms with Crippen molar-refractivity contribution < 1.29 is 9.53 Å². The van der Waals surface area contributed by atoms with Crippen LogP contribution >= 0.6 is 0 Å². The Morgan fingerprint density at radius 3 is 2.23 bits per heavy atom. The molecule has 0 unspecified atom stereocenters. The second-order valence-corrected chi connectivity index (χ2v) is 6.77. The Balaban J connectivity index is 2.06. The lowest BCUT2D eigenvalue weighted by molar-refractivity contribution is -0.118. The molecule has 0 bridgehead atoms. The van der Waals surface area contributed by atoms with Crippen molar-refractivity contribution >= 4 is 17.4 Å². The average Bonchev–Trinajstić information content (AvgIpc) is 2.74. The highest BCUT2D eigenvalue weighted by Crippen LogP contribution is 2.21. The number of H-pyrrole nitrogens is 1. The Kier molecular flexibility index (Phi) is 6.82. The second-order valence-electron chi connectivity index (χ2n) is 6.77.